The molecule has 5 atom stereocenters. The largest absolute Gasteiger partial charge is 0.444 e. The second kappa shape index (κ2) is 15.5. The minimum atomic E-state index is -3.89. The number of ether oxygens (including phenoxy) is 2. The van der Waals surface area contributed by atoms with Gasteiger partial charge < -0.3 is 34.8 Å². The number of carbonyl (C=O) groups is 6. The Hall–Kier alpha value is -3.60. The van der Waals surface area contributed by atoms with Gasteiger partial charge in [-0.2, -0.15) is 0 Å². The van der Waals surface area contributed by atoms with Gasteiger partial charge in [0.1, 0.15) is 29.3 Å². The molecule has 1 aliphatic heterocycles. The van der Waals surface area contributed by atoms with Gasteiger partial charge in [0, 0.05) is 40.5 Å². The molecule has 0 aromatic heterocycles. The van der Waals surface area contributed by atoms with Gasteiger partial charge in [0.25, 0.3) is 5.91 Å². The maximum atomic E-state index is 14.0. The van der Waals surface area contributed by atoms with Crippen LogP contribution in [0.2, 0.25) is 0 Å². The molecule has 6 amide bonds. The summed E-state index contributed by atoms with van der Waals surface area (Å²) in [5, 5.41) is 4.21. The van der Waals surface area contributed by atoms with Crippen molar-refractivity contribution in [1.82, 2.24) is 30.1 Å². The molecule has 0 spiro atoms. The van der Waals surface area contributed by atoms with Crippen LogP contribution in [0.5, 0.6) is 0 Å². The SMILES string of the molecule is C=CC1C[C@]1(NC(=O)[C@@H]1C[C@@H](OC(=O)N(C)C)CN1C(=O)[C@@H](NC(=O)OC(C)(C)C)C(C)(C)C)C(=O)NS(=O)(=O)C1CC1.CN(C)C(=O)Cl. The van der Waals surface area contributed by atoms with Crippen molar-refractivity contribution < 1.29 is 46.7 Å². The number of hydrogen-bond acceptors (Lipinski definition) is 10. The molecule has 18 heteroatoms. The summed E-state index contributed by atoms with van der Waals surface area (Å²) in [4.78, 5) is 79.6. The third-order valence-corrected chi connectivity index (χ3v) is 10.0. The van der Waals surface area contributed by atoms with Crippen LogP contribution >= 0.6 is 11.6 Å². The molecule has 3 rings (SSSR count). The lowest BCUT2D eigenvalue weighted by molar-refractivity contribution is -0.143. The molecule has 1 heterocycles. The van der Waals surface area contributed by atoms with Gasteiger partial charge in [-0.1, -0.05) is 26.8 Å². The van der Waals surface area contributed by atoms with E-state index in [-0.39, 0.29) is 19.4 Å². The van der Waals surface area contributed by atoms with Crippen molar-refractivity contribution in [1.29, 1.82) is 0 Å². The van der Waals surface area contributed by atoms with E-state index in [1.54, 1.807) is 55.6 Å². The maximum Gasteiger partial charge on any atom is 0.409 e. The van der Waals surface area contributed by atoms with E-state index in [9.17, 15) is 37.2 Å². The number of halogens is 1. The monoisotopic (exact) mass is 734 g/mol. The molecule has 1 unspecified atom stereocenters. The molecule has 2 saturated carbocycles. The summed E-state index contributed by atoms with van der Waals surface area (Å²) < 4.78 is 37.9. The number of nitrogens with one attached hydrogen (secondary N) is 3. The van der Waals surface area contributed by atoms with Crippen molar-refractivity contribution in [3.63, 3.8) is 0 Å². The van der Waals surface area contributed by atoms with Crippen LogP contribution in [-0.2, 0) is 33.9 Å². The molecule has 1 saturated heterocycles. The van der Waals surface area contributed by atoms with Gasteiger partial charge >= 0.3 is 17.6 Å². The number of nitrogens with zero attached hydrogens (tertiary/aromatic N) is 3. The third kappa shape index (κ3) is 11.5. The highest BCUT2D eigenvalue weighted by Crippen LogP contribution is 2.45. The minimum absolute atomic E-state index is 0.0860. The van der Waals surface area contributed by atoms with E-state index < -0.39 is 91.2 Å². The normalized spacial score (nSPS) is 23.8. The first-order chi connectivity index (χ1) is 22.3. The lowest BCUT2D eigenvalue weighted by Crippen LogP contribution is -2.60. The van der Waals surface area contributed by atoms with E-state index in [1.807, 2.05) is 0 Å². The summed E-state index contributed by atoms with van der Waals surface area (Å²) in [5.41, 5.74) is -3.22. The highest BCUT2D eigenvalue weighted by atomic mass is 35.5. The smallest absolute Gasteiger partial charge is 0.409 e. The Kier molecular flexibility index (Phi) is 13.2. The van der Waals surface area contributed by atoms with Crippen molar-refractivity contribution in [2.75, 3.05) is 34.7 Å². The van der Waals surface area contributed by atoms with Crippen LogP contribution in [-0.4, -0.2) is 128 Å². The van der Waals surface area contributed by atoms with Gasteiger partial charge in [-0.15, -0.1) is 6.58 Å². The fourth-order valence-corrected chi connectivity index (χ4v) is 6.25. The molecule has 0 radical (unpaired) electrons. The number of rotatable bonds is 9. The van der Waals surface area contributed by atoms with E-state index >= 15 is 0 Å². The zero-order valence-electron chi connectivity index (χ0n) is 29.9. The molecule has 0 bridgehead atoms. The highest BCUT2D eigenvalue weighted by molar-refractivity contribution is 7.91. The zero-order valence-corrected chi connectivity index (χ0v) is 31.5. The predicted molar refractivity (Wildman–Crippen MR) is 181 cm³/mol. The molecule has 49 heavy (non-hydrogen) atoms. The molecule has 2 aliphatic carbocycles. The van der Waals surface area contributed by atoms with Crippen molar-refractivity contribution in [3.8, 4) is 0 Å². The Morgan fingerprint density at radius 3 is 1.96 bits per heavy atom. The quantitative estimate of drug-likeness (QED) is 0.179. The topological polar surface area (TPSA) is 201 Å². The Bertz CT molecular complexity index is 1420. The average molecular weight is 735 g/mol. The minimum Gasteiger partial charge on any atom is -0.444 e. The van der Waals surface area contributed by atoms with Crippen molar-refractivity contribution in [3.05, 3.63) is 12.7 Å². The van der Waals surface area contributed by atoms with Crippen LogP contribution in [0, 0.1) is 11.3 Å². The second-order valence-electron chi connectivity index (χ2n) is 14.9. The summed E-state index contributed by atoms with van der Waals surface area (Å²) >= 11 is 4.90. The van der Waals surface area contributed by atoms with Crippen molar-refractivity contribution in [2.45, 2.75) is 102 Å². The highest BCUT2D eigenvalue weighted by Gasteiger charge is 2.62. The first-order valence-corrected chi connectivity index (χ1v) is 17.7. The lowest BCUT2D eigenvalue weighted by atomic mass is 9.85. The predicted octanol–water partition coefficient (Wildman–Crippen LogP) is 2.17. The molecule has 3 fully saturated rings. The van der Waals surface area contributed by atoms with Gasteiger partial charge in [-0.3, -0.25) is 23.9 Å². The maximum absolute atomic E-state index is 14.0. The Balaban J connectivity index is 0.00000127. The second-order valence-corrected chi connectivity index (χ2v) is 17.2. The summed E-state index contributed by atoms with van der Waals surface area (Å²) in [7, 11) is 2.28. The molecule has 0 aromatic carbocycles. The molecule has 3 aliphatic rings. The molecular formula is C31H51ClN6O10S. The third-order valence-electron chi connectivity index (χ3n) is 7.86. The van der Waals surface area contributed by atoms with E-state index in [0.29, 0.717) is 12.8 Å². The van der Waals surface area contributed by atoms with E-state index in [1.165, 1.54) is 34.9 Å². The van der Waals surface area contributed by atoms with Gasteiger partial charge in [0.05, 0.1) is 11.8 Å². The van der Waals surface area contributed by atoms with Crippen LogP contribution in [0.3, 0.4) is 0 Å². The van der Waals surface area contributed by atoms with E-state index in [4.69, 9.17) is 21.1 Å². The summed E-state index contributed by atoms with van der Waals surface area (Å²) in [5.74, 6) is -2.75. The fourth-order valence-electron chi connectivity index (χ4n) is 4.88. The van der Waals surface area contributed by atoms with Crippen molar-refractivity contribution in [2.24, 2.45) is 11.3 Å². The summed E-state index contributed by atoms with van der Waals surface area (Å²) in [6.07, 6.45) is 0.0328. The average Bonchev–Trinajstić information content (AvgIpc) is 3.87. The van der Waals surface area contributed by atoms with Gasteiger partial charge in [-0.05, 0) is 57.0 Å². The molecular weight excluding hydrogens is 684 g/mol. The van der Waals surface area contributed by atoms with Crippen LogP contribution < -0.4 is 15.4 Å². The van der Waals surface area contributed by atoms with Gasteiger partial charge in [0.2, 0.25) is 21.8 Å². The Morgan fingerprint density at radius 1 is 1.00 bits per heavy atom. The van der Waals surface area contributed by atoms with Crippen LogP contribution in [0.15, 0.2) is 12.7 Å². The Morgan fingerprint density at radius 2 is 1.55 bits per heavy atom. The van der Waals surface area contributed by atoms with Gasteiger partial charge in [0.15, 0.2) is 0 Å². The summed E-state index contributed by atoms with van der Waals surface area (Å²) in [6, 6.07) is -2.34. The molecule has 278 valence electrons. The number of carbonyl (C=O) groups excluding carboxylic acids is 6. The number of likely N-dealkylation sites (tertiary alicyclic amines) is 1. The zero-order chi connectivity index (χ0) is 37.9. The van der Waals surface area contributed by atoms with E-state index in [2.05, 4.69) is 21.9 Å². The lowest BCUT2D eigenvalue weighted by Gasteiger charge is -2.36. The van der Waals surface area contributed by atoms with Crippen molar-refractivity contribution >= 4 is 56.9 Å². The van der Waals surface area contributed by atoms with Crippen LogP contribution in [0.25, 0.3) is 0 Å². The molecule has 16 nitrogen and oxygen atoms in total. The summed E-state index contributed by atoms with van der Waals surface area (Å²) in [6.45, 7) is 13.8. The number of hydrogen-bond donors (Lipinski definition) is 3. The number of amides is 6. The van der Waals surface area contributed by atoms with E-state index in [0.717, 1.165) is 0 Å². The van der Waals surface area contributed by atoms with Crippen LogP contribution in [0.4, 0.5) is 14.4 Å². The van der Waals surface area contributed by atoms with Gasteiger partial charge in [-0.25, -0.2) is 18.0 Å². The molecule has 0 aromatic rings. The molecule has 3 N–H and O–H groups in total. The Labute approximate surface area is 293 Å². The number of sulfonamides is 1. The fraction of sp³-hybridized carbons (Fsp3) is 0.742. The van der Waals surface area contributed by atoms with Crippen LogP contribution in [0.1, 0.15) is 67.2 Å². The first-order valence-electron chi connectivity index (χ1n) is 15.8. The first kappa shape index (κ1) is 41.6. The standard InChI is InChI=1S/C28H45N5O9S.C3H6ClNO/c1-10-16-14-28(16,23(36)31-43(39,40)18-11-12-18)30-21(34)19-13-17(41-25(38)32(8)9)15-33(19)22(35)20(26(2,3)4)29-24(37)42-27(5,6)7;1-5(2)3(4)6/h10,16-20H,1,11-15H2,2-9H3,(H,29,37)(H,30,34)(H,31,36);1-2H3/t16?,17-,19+,20-,28-;/m1./s1. The number of alkyl carbamates (subject to hydrolysis) is 1.